The van der Waals surface area contributed by atoms with Crippen LogP contribution in [0.2, 0.25) is 0 Å². The minimum Gasteiger partial charge on any atom is -0.358 e. The van der Waals surface area contributed by atoms with E-state index < -0.39 is 29.0 Å². The average molecular weight is 410 g/mol. The maximum atomic E-state index is 13.7. The van der Waals surface area contributed by atoms with Crippen molar-refractivity contribution < 1.29 is 26.3 Å². The van der Waals surface area contributed by atoms with Gasteiger partial charge in [0.25, 0.3) is 0 Å². The fraction of sp³-hybridized carbons (Fsp3) is 0.150. The molecule has 150 valence electrons. The molecule has 0 aliphatic rings. The van der Waals surface area contributed by atoms with Crippen molar-refractivity contribution >= 4 is 21.8 Å². The number of nitrogens with one attached hydrogen (secondary N) is 2. The van der Waals surface area contributed by atoms with Crippen molar-refractivity contribution in [3.63, 3.8) is 0 Å². The van der Waals surface area contributed by atoms with Gasteiger partial charge in [0.05, 0.1) is 11.1 Å². The summed E-state index contributed by atoms with van der Waals surface area (Å²) < 4.78 is 80.5. The molecule has 0 amide bonds. The molecule has 0 unspecified atom stereocenters. The van der Waals surface area contributed by atoms with E-state index in [1.165, 1.54) is 24.3 Å². The summed E-state index contributed by atoms with van der Waals surface area (Å²) in [5.74, 6) is 0. The van der Waals surface area contributed by atoms with E-state index in [9.17, 15) is 31.1 Å². The van der Waals surface area contributed by atoms with Crippen molar-refractivity contribution in [1.29, 1.82) is 0 Å². The highest BCUT2D eigenvalue weighted by atomic mass is 19.4. The quantitative estimate of drug-likeness (QED) is 0.370. The Kier molecular flexibility index (Phi) is 4.04. The Morgan fingerprint density at radius 3 is 2.07 bits per heavy atom. The minimum absolute atomic E-state index is 0.0513. The third-order valence-corrected chi connectivity index (χ3v) is 4.74. The Balaban J connectivity index is 2.17. The lowest BCUT2D eigenvalue weighted by Gasteiger charge is -2.13. The summed E-state index contributed by atoms with van der Waals surface area (Å²) in [6.45, 7) is 1.57. The van der Waals surface area contributed by atoms with Crippen LogP contribution in [0.3, 0.4) is 0 Å². The zero-order valence-corrected chi connectivity index (χ0v) is 14.7. The first-order chi connectivity index (χ1) is 13.5. The summed E-state index contributed by atoms with van der Waals surface area (Å²) in [6.07, 6.45) is -9.42. The van der Waals surface area contributed by atoms with Gasteiger partial charge < -0.3 is 9.97 Å². The second kappa shape index (κ2) is 6.13. The number of alkyl halides is 6. The summed E-state index contributed by atoms with van der Waals surface area (Å²) in [7, 11) is 0. The van der Waals surface area contributed by atoms with Gasteiger partial charge >= 0.3 is 12.4 Å². The number of aromatic amines is 2. The number of halogens is 6. The molecule has 0 saturated carbocycles. The molecule has 0 radical (unpaired) electrons. The van der Waals surface area contributed by atoms with Gasteiger partial charge in [0, 0.05) is 39.1 Å². The first-order valence-corrected chi connectivity index (χ1v) is 8.40. The van der Waals surface area contributed by atoms with E-state index in [1.807, 2.05) is 0 Å². The number of benzene rings is 2. The second-order valence-corrected chi connectivity index (χ2v) is 6.66. The van der Waals surface area contributed by atoms with Gasteiger partial charge in [-0.1, -0.05) is 12.1 Å². The molecule has 29 heavy (non-hydrogen) atoms. The number of fused-ring (bicyclic) bond motifs is 3. The van der Waals surface area contributed by atoms with E-state index in [1.54, 1.807) is 6.92 Å². The van der Waals surface area contributed by atoms with Gasteiger partial charge in [-0.25, -0.2) is 0 Å². The van der Waals surface area contributed by atoms with Crippen molar-refractivity contribution in [1.82, 2.24) is 9.97 Å². The molecule has 0 bridgehead atoms. The van der Waals surface area contributed by atoms with Crippen molar-refractivity contribution in [3.8, 4) is 11.1 Å². The van der Waals surface area contributed by atoms with Crippen LogP contribution in [0.1, 0.15) is 16.8 Å². The van der Waals surface area contributed by atoms with Crippen molar-refractivity contribution in [2.75, 3.05) is 0 Å². The zero-order valence-electron chi connectivity index (χ0n) is 14.7. The lowest BCUT2D eigenvalue weighted by molar-refractivity contribution is -0.138. The molecule has 2 aromatic carbocycles. The normalized spacial score (nSPS) is 12.8. The van der Waals surface area contributed by atoms with Crippen LogP contribution >= 0.6 is 0 Å². The lowest BCUT2D eigenvalue weighted by atomic mass is 9.95. The molecule has 3 nitrogen and oxygen atoms in total. The summed E-state index contributed by atoms with van der Waals surface area (Å²) in [6, 6.07) is 7.67. The highest BCUT2D eigenvalue weighted by molar-refractivity contribution is 6.15. The molecular weight excluding hydrogens is 398 g/mol. The molecule has 0 aliphatic carbocycles. The third kappa shape index (κ3) is 3.16. The number of hydrogen-bond donors (Lipinski definition) is 2. The van der Waals surface area contributed by atoms with Gasteiger partial charge in [0.2, 0.25) is 5.56 Å². The summed E-state index contributed by atoms with van der Waals surface area (Å²) in [5, 5.41) is -0.172. The maximum absolute atomic E-state index is 13.7. The van der Waals surface area contributed by atoms with Gasteiger partial charge in [0.1, 0.15) is 0 Å². The molecule has 0 spiro atoms. The Morgan fingerprint density at radius 1 is 0.793 bits per heavy atom. The predicted octanol–water partition coefficient (Wildman–Crippen LogP) is 6.02. The van der Waals surface area contributed by atoms with Crippen LogP contribution in [-0.4, -0.2) is 9.97 Å². The molecule has 2 N–H and O–H groups in total. The second-order valence-electron chi connectivity index (χ2n) is 6.66. The van der Waals surface area contributed by atoms with E-state index in [-0.39, 0.29) is 27.4 Å². The largest absolute Gasteiger partial charge is 0.417 e. The summed E-state index contributed by atoms with van der Waals surface area (Å²) in [4.78, 5) is 17.0. The van der Waals surface area contributed by atoms with E-state index in [0.29, 0.717) is 17.3 Å². The summed E-state index contributed by atoms with van der Waals surface area (Å²) >= 11 is 0. The van der Waals surface area contributed by atoms with E-state index in [4.69, 9.17) is 0 Å². The SMILES string of the molecule is Cc1[nH]c2ccc3[nH]c(=O)cc(C(F)(F)F)c3c2c1-c1cccc(C(F)(F)F)c1. The maximum Gasteiger partial charge on any atom is 0.417 e. The number of aryl methyl sites for hydroxylation is 1. The van der Waals surface area contributed by atoms with E-state index >= 15 is 0 Å². The Bertz CT molecular complexity index is 1310. The fourth-order valence-electron chi connectivity index (χ4n) is 3.61. The van der Waals surface area contributed by atoms with Gasteiger partial charge in [-0.15, -0.1) is 0 Å². The van der Waals surface area contributed by atoms with Crippen LogP contribution in [0.15, 0.2) is 47.3 Å². The van der Waals surface area contributed by atoms with Crippen LogP contribution < -0.4 is 5.56 Å². The molecule has 4 aromatic rings. The average Bonchev–Trinajstić information content (AvgIpc) is 2.95. The number of rotatable bonds is 1. The minimum atomic E-state index is -4.82. The topological polar surface area (TPSA) is 48.6 Å². The van der Waals surface area contributed by atoms with Gasteiger partial charge in [-0.3, -0.25) is 4.79 Å². The zero-order chi connectivity index (χ0) is 21.1. The first-order valence-electron chi connectivity index (χ1n) is 8.40. The molecule has 4 rings (SSSR count). The lowest BCUT2D eigenvalue weighted by Crippen LogP contribution is -2.14. The van der Waals surface area contributed by atoms with Crippen LogP contribution in [0.4, 0.5) is 26.3 Å². The van der Waals surface area contributed by atoms with Crippen LogP contribution in [0, 0.1) is 6.92 Å². The molecule has 0 atom stereocenters. The van der Waals surface area contributed by atoms with Crippen LogP contribution in [0.25, 0.3) is 32.9 Å². The van der Waals surface area contributed by atoms with Crippen molar-refractivity contribution in [3.05, 3.63) is 69.6 Å². The van der Waals surface area contributed by atoms with Crippen LogP contribution in [0.5, 0.6) is 0 Å². The molecule has 0 aliphatic heterocycles. The van der Waals surface area contributed by atoms with Gasteiger partial charge in [0.15, 0.2) is 0 Å². The number of aromatic nitrogens is 2. The van der Waals surface area contributed by atoms with Crippen molar-refractivity contribution in [2.24, 2.45) is 0 Å². The van der Waals surface area contributed by atoms with Crippen molar-refractivity contribution in [2.45, 2.75) is 19.3 Å². The monoisotopic (exact) mass is 410 g/mol. The summed E-state index contributed by atoms with van der Waals surface area (Å²) in [5.41, 5.74) is -1.96. The van der Waals surface area contributed by atoms with E-state index in [2.05, 4.69) is 9.97 Å². The van der Waals surface area contributed by atoms with Gasteiger partial charge in [-0.2, -0.15) is 26.3 Å². The molecule has 0 saturated heterocycles. The molecule has 9 heteroatoms. The number of pyridine rings is 1. The highest BCUT2D eigenvalue weighted by Crippen LogP contribution is 2.42. The third-order valence-electron chi connectivity index (χ3n) is 4.74. The Morgan fingerprint density at radius 2 is 1.45 bits per heavy atom. The Labute approximate surface area is 159 Å². The number of H-pyrrole nitrogens is 2. The smallest absolute Gasteiger partial charge is 0.358 e. The standard InChI is InChI=1S/C20H12F6N2O/c1-9-16(10-3-2-4-11(7-10)19(21,22)23)18-14(27-9)6-5-13-17(18)12(20(24,25)26)8-15(29)28-13/h2-8,27H,1H3,(H,28,29). The molecule has 2 heterocycles. The Hall–Kier alpha value is -3.23. The van der Waals surface area contributed by atoms with Gasteiger partial charge in [-0.05, 0) is 36.8 Å². The first kappa shape index (κ1) is 19.1. The fourth-order valence-corrected chi connectivity index (χ4v) is 3.61. The molecular formula is C20H12F6N2O. The number of hydrogen-bond acceptors (Lipinski definition) is 1. The highest BCUT2D eigenvalue weighted by Gasteiger charge is 2.35. The van der Waals surface area contributed by atoms with E-state index in [0.717, 1.165) is 12.1 Å². The van der Waals surface area contributed by atoms with Crippen LogP contribution in [-0.2, 0) is 12.4 Å². The molecule has 0 fully saturated rings. The molecule has 2 aromatic heterocycles. The predicted molar refractivity (Wildman–Crippen MR) is 96.6 cm³/mol.